The molecule has 2 atom stereocenters. The molecule has 2 aliphatic heterocycles. The lowest BCUT2D eigenvalue weighted by Gasteiger charge is -2.38. The fraction of sp³-hybridized carbons (Fsp3) is 0.409. The second-order valence-electron chi connectivity index (χ2n) is 7.61. The van der Waals surface area contributed by atoms with Crippen molar-refractivity contribution >= 4 is 15.7 Å². The zero-order valence-corrected chi connectivity index (χ0v) is 17.2. The summed E-state index contributed by atoms with van der Waals surface area (Å²) < 4.78 is 36.9. The first-order chi connectivity index (χ1) is 14.0. The van der Waals surface area contributed by atoms with E-state index in [1.54, 1.807) is 43.5 Å². The van der Waals surface area contributed by atoms with Crippen LogP contribution in [0.1, 0.15) is 25.7 Å². The topological polar surface area (TPSA) is 72.9 Å². The van der Waals surface area contributed by atoms with Gasteiger partial charge in [0.05, 0.1) is 17.3 Å². The lowest BCUT2D eigenvalue weighted by atomic mass is 10.0. The highest BCUT2D eigenvalue weighted by Crippen LogP contribution is 2.40. The summed E-state index contributed by atoms with van der Waals surface area (Å²) in [4.78, 5) is 15.1. The first-order valence-corrected chi connectivity index (χ1v) is 11.4. The number of methoxy groups -OCH3 is 1. The molecule has 0 aliphatic carbocycles. The van der Waals surface area contributed by atoms with Crippen LogP contribution in [0.2, 0.25) is 0 Å². The number of fused-ring (bicyclic) bond motifs is 2. The Morgan fingerprint density at radius 1 is 1.00 bits per heavy atom. The normalized spacial score (nSPS) is 23.6. The molecule has 0 N–H and O–H groups in total. The number of hydrogen-bond acceptors (Lipinski definition) is 5. The molecule has 29 heavy (non-hydrogen) atoms. The summed E-state index contributed by atoms with van der Waals surface area (Å²) in [6.07, 6.45) is 2.66. The predicted molar refractivity (Wildman–Crippen MR) is 109 cm³/mol. The number of rotatable bonds is 6. The SMILES string of the molecule is COc1cccc(OCC(=O)N2C3CCC2CC(S(=O)(=O)c2ccccc2)C3)c1. The van der Waals surface area contributed by atoms with E-state index in [-0.39, 0.29) is 24.6 Å². The van der Waals surface area contributed by atoms with E-state index in [0.717, 1.165) is 12.8 Å². The maximum Gasteiger partial charge on any atom is 0.261 e. The molecule has 154 valence electrons. The number of amides is 1. The van der Waals surface area contributed by atoms with Crippen molar-refractivity contribution in [1.82, 2.24) is 4.90 Å². The molecule has 2 aromatic rings. The maximum absolute atomic E-state index is 13.0. The molecule has 2 saturated heterocycles. The minimum absolute atomic E-state index is 0.0429. The van der Waals surface area contributed by atoms with Crippen LogP contribution in [-0.2, 0) is 14.6 Å². The van der Waals surface area contributed by atoms with Crippen LogP contribution >= 0.6 is 0 Å². The van der Waals surface area contributed by atoms with Crippen LogP contribution in [-0.4, -0.2) is 50.3 Å². The monoisotopic (exact) mass is 415 g/mol. The minimum atomic E-state index is -3.38. The number of benzene rings is 2. The highest BCUT2D eigenvalue weighted by molar-refractivity contribution is 7.92. The largest absolute Gasteiger partial charge is 0.497 e. The number of ether oxygens (including phenoxy) is 2. The van der Waals surface area contributed by atoms with Crippen molar-refractivity contribution < 1.29 is 22.7 Å². The summed E-state index contributed by atoms with van der Waals surface area (Å²) >= 11 is 0. The van der Waals surface area contributed by atoms with Gasteiger partial charge in [-0.25, -0.2) is 8.42 Å². The van der Waals surface area contributed by atoms with Gasteiger partial charge in [0.15, 0.2) is 16.4 Å². The van der Waals surface area contributed by atoms with Crippen molar-refractivity contribution in [1.29, 1.82) is 0 Å². The number of carbonyl (C=O) groups excluding carboxylic acids is 1. The molecule has 4 rings (SSSR count). The van der Waals surface area contributed by atoms with Gasteiger partial charge >= 0.3 is 0 Å². The van der Waals surface area contributed by atoms with Gasteiger partial charge in [0.2, 0.25) is 0 Å². The first-order valence-electron chi connectivity index (χ1n) is 9.86. The zero-order chi connectivity index (χ0) is 20.4. The van der Waals surface area contributed by atoms with E-state index >= 15 is 0 Å². The van der Waals surface area contributed by atoms with Gasteiger partial charge < -0.3 is 14.4 Å². The zero-order valence-electron chi connectivity index (χ0n) is 16.4. The molecule has 7 heteroatoms. The van der Waals surface area contributed by atoms with Gasteiger partial charge in [0.1, 0.15) is 11.5 Å². The molecular weight excluding hydrogens is 390 g/mol. The van der Waals surface area contributed by atoms with Crippen LogP contribution in [0.3, 0.4) is 0 Å². The van der Waals surface area contributed by atoms with E-state index < -0.39 is 15.1 Å². The Morgan fingerprint density at radius 3 is 2.31 bits per heavy atom. The van der Waals surface area contributed by atoms with Crippen molar-refractivity contribution in [3.05, 3.63) is 54.6 Å². The number of carbonyl (C=O) groups is 1. The van der Waals surface area contributed by atoms with Crippen LogP contribution in [0, 0.1) is 0 Å². The van der Waals surface area contributed by atoms with Gasteiger partial charge in [0, 0.05) is 18.2 Å². The van der Waals surface area contributed by atoms with Gasteiger partial charge in [-0.15, -0.1) is 0 Å². The molecule has 2 fully saturated rings. The van der Waals surface area contributed by atoms with E-state index in [4.69, 9.17) is 9.47 Å². The third-order valence-electron chi connectivity index (χ3n) is 5.89. The van der Waals surface area contributed by atoms with Gasteiger partial charge in [-0.1, -0.05) is 24.3 Å². The standard InChI is InChI=1S/C22H25NO5S/c1-27-18-6-5-7-19(14-18)28-15-22(24)23-16-10-11-17(23)13-21(12-16)29(25,26)20-8-3-2-4-9-20/h2-9,14,16-17,21H,10-13,15H2,1H3. The second kappa shape index (κ2) is 8.06. The molecule has 0 aromatic heterocycles. The quantitative estimate of drug-likeness (QED) is 0.725. The van der Waals surface area contributed by atoms with Crippen molar-refractivity contribution in [2.75, 3.05) is 13.7 Å². The average Bonchev–Trinajstić information content (AvgIpc) is 3.01. The van der Waals surface area contributed by atoms with E-state index in [1.807, 2.05) is 23.1 Å². The van der Waals surface area contributed by atoms with Crippen molar-refractivity contribution in [3.63, 3.8) is 0 Å². The third-order valence-corrected chi connectivity index (χ3v) is 8.08. The Hall–Kier alpha value is -2.54. The lowest BCUT2D eigenvalue weighted by molar-refractivity contribution is -0.137. The van der Waals surface area contributed by atoms with Crippen LogP contribution < -0.4 is 9.47 Å². The Balaban J connectivity index is 1.42. The minimum Gasteiger partial charge on any atom is -0.497 e. The molecule has 0 saturated carbocycles. The van der Waals surface area contributed by atoms with Crippen molar-refractivity contribution in [2.24, 2.45) is 0 Å². The summed E-state index contributed by atoms with van der Waals surface area (Å²) in [5, 5.41) is -0.439. The highest BCUT2D eigenvalue weighted by atomic mass is 32.2. The van der Waals surface area contributed by atoms with Gasteiger partial charge in [-0.2, -0.15) is 0 Å². The van der Waals surface area contributed by atoms with E-state index in [0.29, 0.717) is 29.2 Å². The molecule has 2 unspecified atom stereocenters. The molecule has 2 aliphatic rings. The van der Waals surface area contributed by atoms with Gasteiger partial charge in [-0.05, 0) is 49.9 Å². The number of sulfone groups is 1. The fourth-order valence-corrected chi connectivity index (χ4v) is 6.37. The molecule has 0 spiro atoms. The van der Waals surface area contributed by atoms with Crippen molar-refractivity contribution in [2.45, 2.75) is 47.9 Å². The van der Waals surface area contributed by atoms with E-state index in [2.05, 4.69) is 0 Å². The highest BCUT2D eigenvalue weighted by Gasteiger charge is 2.47. The summed E-state index contributed by atoms with van der Waals surface area (Å²) in [6, 6.07) is 15.7. The molecule has 6 nitrogen and oxygen atoms in total. The average molecular weight is 416 g/mol. The lowest BCUT2D eigenvalue weighted by Crippen LogP contribution is -2.51. The molecular formula is C22H25NO5S. The third kappa shape index (κ3) is 3.96. The maximum atomic E-state index is 13.0. The Kier molecular flexibility index (Phi) is 5.50. The summed E-state index contributed by atoms with van der Waals surface area (Å²) in [6.45, 7) is -0.0593. The molecule has 0 radical (unpaired) electrons. The van der Waals surface area contributed by atoms with Crippen LogP contribution in [0.15, 0.2) is 59.5 Å². The Morgan fingerprint density at radius 2 is 1.66 bits per heavy atom. The van der Waals surface area contributed by atoms with Crippen LogP contribution in [0.5, 0.6) is 11.5 Å². The molecule has 2 aromatic carbocycles. The Bertz CT molecular complexity index is 962. The van der Waals surface area contributed by atoms with E-state index in [9.17, 15) is 13.2 Å². The fourth-order valence-electron chi connectivity index (χ4n) is 4.50. The van der Waals surface area contributed by atoms with Crippen molar-refractivity contribution in [3.8, 4) is 11.5 Å². The summed E-state index contributed by atoms with van der Waals surface area (Å²) in [5.74, 6) is 1.16. The second-order valence-corrected chi connectivity index (χ2v) is 9.83. The van der Waals surface area contributed by atoms with Gasteiger partial charge in [-0.3, -0.25) is 4.79 Å². The van der Waals surface area contributed by atoms with Crippen LogP contribution in [0.4, 0.5) is 0 Å². The number of piperidine rings is 1. The smallest absolute Gasteiger partial charge is 0.261 e. The first kappa shape index (κ1) is 19.8. The Labute approximate surface area is 171 Å². The van der Waals surface area contributed by atoms with Gasteiger partial charge in [0.25, 0.3) is 5.91 Å². The van der Waals surface area contributed by atoms with E-state index in [1.165, 1.54) is 0 Å². The number of nitrogens with zero attached hydrogens (tertiary/aromatic N) is 1. The molecule has 2 bridgehead atoms. The molecule has 1 amide bonds. The molecule has 2 heterocycles. The summed E-state index contributed by atoms with van der Waals surface area (Å²) in [5.41, 5.74) is 0. The summed E-state index contributed by atoms with van der Waals surface area (Å²) in [7, 11) is -1.80. The number of hydrogen-bond donors (Lipinski definition) is 0. The van der Waals surface area contributed by atoms with Crippen LogP contribution in [0.25, 0.3) is 0 Å². The predicted octanol–water partition coefficient (Wildman–Crippen LogP) is 3.07.